The highest BCUT2D eigenvalue weighted by molar-refractivity contribution is 6.38. The minimum Gasteiger partial charge on any atom is -0.490 e. The van der Waals surface area contributed by atoms with E-state index in [9.17, 15) is 14.0 Å². The van der Waals surface area contributed by atoms with Gasteiger partial charge in [0.25, 0.3) is 5.91 Å². The number of para-hydroxylation sites is 1. The number of carbonyl (C=O) groups is 2. The third kappa shape index (κ3) is 4.93. The summed E-state index contributed by atoms with van der Waals surface area (Å²) >= 11 is 12.6. The zero-order valence-electron chi connectivity index (χ0n) is 18.2. The number of carbonyl (C=O) groups excluding carboxylic acids is 2. The van der Waals surface area contributed by atoms with Crippen molar-refractivity contribution >= 4 is 51.5 Å². The first-order valence-corrected chi connectivity index (χ1v) is 11.4. The van der Waals surface area contributed by atoms with E-state index in [1.807, 2.05) is 6.92 Å². The maximum absolute atomic E-state index is 13.3. The lowest BCUT2D eigenvalue weighted by atomic mass is 10.1. The molecule has 0 aliphatic carbocycles. The van der Waals surface area contributed by atoms with Crippen LogP contribution in [0.3, 0.4) is 0 Å². The Morgan fingerprint density at radius 3 is 2.35 bits per heavy atom. The number of unbranched alkanes of at least 4 members (excludes halogenated alkanes) is 1. The fourth-order valence-corrected chi connectivity index (χ4v) is 3.99. The molecular formula is C26H20Cl2FNO4. The average Bonchev–Trinajstić information content (AvgIpc) is 3.19. The summed E-state index contributed by atoms with van der Waals surface area (Å²) < 4.78 is 24.7. The van der Waals surface area contributed by atoms with Crippen molar-refractivity contribution in [2.45, 2.75) is 19.8 Å². The van der Waals surface area contributed by atoms with Gasteiger partial charge in [0.05, 0.1) is 22.3 Å². The fraction of sp³-hybridized carbons (Fsp3) is 0.154. The molecule has 4 aromatic rings. The van der Waals surface area contributed by atoms with Gasteiger partial charge >= 0.3 is 0 Å². The Hall–Kier alpha value is -3.35. The van der Waals surface area contributed by atoms with Gasteiger partial charge in [-0.05, 0) is 55.0 Å². The number of benzene rings is 3. The Balaban J connectivity index is 1.68. The summed E-state index contributed by atoms with van der Waals surface area (Å²) in [5.41, 5.74) is 1.02. The number of furan rings is 1. The van der Waals surface area contributed by atoms with Crippen LogP contribution >= 0.6 is 23.2 Å². The first-order chi connectivity index (χ1) is 16.4. The molecule has 0 atom stereocenters. The molecule has 0 aliphatic rings. The third-order valence-electron chi connectivity index (χ3n) is 5.15. The molecule has 5 nitrogen and oxygen atoms in total. The molecule has 0 bridgehead atoms. The van der Waals surface area contributed by atoms with Crippen molar-refractivity contribution in [1.82, 2.24) is 0 Å². The van der Waals surface area contributed by atoms with E-state index in [4.69, 9.17) is 32.4 Å². The van der Waals surface area contributed by atoms with Crippen LogP contribution in [0.5, 0.6) is 5.75 Å². The lowest BCUT2D eigenvalue weighted by molar-refractivity contribution is 0.101. The summed E-state index contributed by atoms with van der Waals surface area (Å²) in [5, 5.41) is 3.70. The number of rotatable bonds is 8. The van der Waals surface area contributed by atoms with Crippen molar-refractivity contribution in [3.05, 3.63) is 93.4 Å². The molecule has 0 saturated carbocycles. The first kappa shape index (κ1) is 23.8. The summed E-state index contributed by atoms with van der Waals surface area (Å²) in [6.07, 6.45) is 1.79. The van der Waals surface area contributed by atoms with Crippen LogP contribution in [0.2, 0.25) is 10.0 Å². The van der Waals surface area contributed by atoms with Gasteiger partial charge in [-0.25, -0.2) is 4.39 Å². The molecule has 1 heterocycles. The second-order valence-corrected chi connectivity index (χ2v) is 8.38. The Kier molecular flexibility index (Phi) is 7.20. The molecular weight excluding hydrogens is 480 g/mol. The van der Waals surface area contributed by atoms with Crippen LogP contribution in [0, 0.1) is 5.82 Å². The number of hydrogen-bond donors (Lipinski definition) is 1. The van der Waals surface area contributed by atoms with Crippen LogP contribution in [0.1, 0.15) is 46.2 Å². The number of ketones is 1. The zero-order valence-corrected chi connectivity index (χ0v) is 19.7. The predicted octanol–water partition coefficient (Wildman–Crippen LogP) is 7.54. The van der Waals surface area contributed by atoms with Crippen LogP contribution < -0.4 is 10.1 Å². The van der Waals surface area contributed by atoms with E-state index in [1.54, 1.807) is 24.3 Å². The molecule has 8 heteroatoms. The van der Waals surface area contributed by atoms with E-state index >= 15 is 0 Å². The van der Waals surface area contributed by atoms with E-state index < -0.39 is 17.5 Å². The van der Waals surface area contributed by atoms with Crippen LogP contribution in [-0.4, -0.2) is 18.3 Å². The molecule has 3 aromatic carbocycles. The molecule has 0 unspecified atom stereocenters. The number of hydrogen-bond acceptors (Lipinski definition) is 4. The minimum atomic E-state index is -0.538. The Morgan fingerprint density at radius 2 is 1.68 bits per heavy atom. The van der Waals surface area contributed by atoms with Gasteiger partial charge in [-0.15, -0.1) is 0 Å². The molecule has 0 fully saturated rings. The van der Waals surface area contributed by atoms with Gasteiger partial charge in [-0.1, -0.05) is 48.7 Å². The van der Waals surface area contributed by atoms with Gasteiger partial charge in [-0.2, -0.15) is 0 Å². The van der Waals surface area contributed by atoms with E-state index in [0.717, 1.165) is 12.8 Å². The van der Waals surface area contributed by atoms with E-state index in [-0.39, 0.29) is 32.6 Å². The molecule has 4 rings (SSSR count). The predicted molar refractivity (Wildman–Crippen MR) is 131 cm³/mol. The van der Waals surface area contributed by atoms with E-state index in [0.29, 0.717) is 23.3 Å². The van der Waals surface area contributed by atoms with Gasteiger partial charge in [-0.3, -0.25) is 9.59 Å². The van der Waals surface area contributed by atoms with Crippen LogP contribution in [0.4, 0.5) is 10.1 Å². The molecule has 34 heavy (non-hydrogen) atoms. The quantitative estimate of drug-likeness (QED) is 0.201. The average molecular weight is 500 g/mol. The SMILES string of the molecule is CCCCOc1c(Cl)cc(C(=O)Nc2c(C(=O)c3ccc(F)cc3)oc3ccccc23)cc1Cl. The third-order valence-corrected chi connectivity index (χ3v) is 5.71. The molecule has 0 spiro atoms. The molecule has 174 valence electrons. The Bertz CT molecular complexity index is 1340. The summed E-state index contributed by atoms with van der Waals surface area (Å²) in [4.78, 5) is 26.2. The van der Waals surface area contributed by atoms with Gasteiger partial charge in [0.2, 0.25) is 5.78 Å². The molecule has 0 saturated heterocycles. The molecule has 0 radical (unpaired) electrons. The molecule has 0 aliphatic heterocycles. The zero-order chi connectivity index (χ0) is 24.2. The standard InChI is InChI=1S/C26H20Cl2FNO4/c1-2-3-12-33-24-19(27)13-16(14-20(24)28)26(32)30-22-18-6-4-5-7-21(18)34-25(22)23(31)15-8-10-17(29)11-9-15/h4-11,13-14H,2-3,12H2,1H3,(H,30,32). The van der Waals surface area contributed by atoms with Crippen molar-refractivity contribution in [2.24, 2.45) is 0 Å². The highest BCUT2D eigenvalue weighted by atomic mass is 35.5. The van der Waals surface area contributed by atoms with E-state index in [2.05, 4.69) is 5.32 Å². The topological polar surface area (TPSA) is 68.5 Å². The van der Waals surface area contributed by atoms with Gasteiger partial charge in [0, 0.05) is 16.5 Å². The number of nitrogens with one attached hydrogen (secondary N) is 1. The normalized spacial score (nSPS) is 10.9. The largest absolute Gasteiger partial charge is 0.490 e. The van der Waals surface area contributed by atoms with Gasteiger partial charge < -0.3 is 14.5 Å². The van der Waals surface area contributed by atoms with Crippen LogP contribution in [0.25, 0.3) is 11.0 Å². The lowest BCUT2D eigenvalue weighted by Crippen LogP contribution is -2.14. The first-order valence-electron chi connectivity index (χ1n) is 10.6. The van der Waals surface area contributed by atoms with Crippen molar-refractivity contribution in [3.63, 3.8) is 0 Å². The number of amides is 1. The minimum absolute atomic E-state index is 0.0714. The Morgan fingerprint density at radius 1 is 1.00 bits per heavy atom. The highest BCUT2D eigenvalue weighted by Crippen LogP contribution is 2.36. The summed E-state index contributed by atoms with van der Waals surface area (Å²) in [6.45, 7) is 2.49. The Labute approximate surface area is 205 Å². The summed E-state index contributed by atoms with van der Waals surface area (Å²) in [7, 11) is 0. The smallest absolute Gasteiger partial charge is 0.255 e. The van der Waals surface area contributed by atoms with Gasteiger partial charge in [0.1, 0.15) is 11.4 Å². The van der Waals surface area contributed by atoms with Crippen molar-refractivity contribution < 1.29 is 23.1 Å². The van der Waals surface area contributed by atoms with Crippen LogP contribution in [0.15, 0.2) is 65.1 Å². The number of ether oxygens (including phenoxy) is 1. The maximum Gasteiger partial charge on any atom is 0.255 e. The van der Waals surface area contributed by atoms with Gasteiger partial charge in [0.15, 0.2) is 11.5 Å². The second kappa shape index (κ2) is 10.3. The summed E-state index contributed by atoms with van der Waals surface area (Å²) in [5.74, 6) is -1.26. The fourth-order valence-electron chi connectivity index (χ4n) is 3.39. The van der Waals surface area contributed by atoms with E-state index in [1.165, 1.54) is 36.4 Å². The monoisotopic (exact) mass is 499 g/mol. The van der Waals surface area contributed by atoms with Crippen molar-refractivity contribution in [1.29, 1.82) is 0 Å². The van der Waals surface area contributed by atoms with Crippen molar-refractivity contribution in [3.8, 4) is 5.75 Å². The highest BCUT2D eigenvalue weighted by Gasteiger charge is 2.24. The maximum atomic E-state index is 13.3. The van der Waals surface area contributed by atoms with Crippen LogP contribution in [-0.2, 0) is 0 Å². The number of halogens is 3. The second-order valence-electron chi connectivity index (χ2n) is 7.56. The lowest BCUT2D eigenvalue weighted by Gasteiger charge is -2.12. The van der Waals surface area contributed by atoms with Crippen molar-refractivity contribution in [2.75, 3.05) is 11.9 Å². The number of fused-ring (bicyclic) bond motifs is 1. The number of anilines is 1. The molecule has 1 aromatic heterocycles. The summed E-state index contributed by atoms with van der Waals surface area (Å²) in [6, 6.07) is 14.9. The molecule has 1 N–H and O–H groups in total. The molecule has 1 amide bonds.